The van der Waals surface area contributed by atoms with Gasteiger partial charge in [-0.15, -0.1) is 0 Å². The Kier molecular flexibility index (Phi) is 4.68. The van der Waals surface area contributed by atoms with Gasteiger partial charge in [0.1, 0.15) is 0 Å². The van der Waals surface area contributed by atoms with Gasteiger partial charge in [-0.1, -0.05) is 12.8 Å². The first kappa shape index (κ1) is 14.3. The summed E-state index contributed by atoms with van der Waals surface area (Å²) in [5, 5.41) is 3.16. The van der Waals surface area contributed by atoms with Crippen molar-refractivity contribution < 1.29 is 4.79 Å². The first-order chi connectivity index (χ1) is 10.3. The summed E-state index contributed by atoms with van der Waals surface area (Å²) >= 11 is 0. The monoisotopic (exact) mass is 288 g/mol. The van der Waals surface area contributed by atoms with Crippen molar-refractivity contribution in [2.24, 2.45) is 11.8 Å². The van der Waals surface area contributed by atoms with Crippen LogP contribution in [0.25, 0.3) is 0 Å². The van der Waals surface area contributed by atoms with Crippen molar-refractivity contribution in [3.63, 3.8) is 0 Å². The minimum absolute atomic E-state index is 0.279. The lowest BCUT2D eigenvalue weighted by Gasteiger charge is -2.32. The predicted molar refractivity (Wildman–Crippen MR) is 81.9 cm³/mol. The third-order valence-corrected chi connectivity index (χ3v) is 4.74. The van der Waals surface area contributed by atoms with Crippen LogP contribution in [-0.2, 0) is 4.79 Å². The van der Waals surface area contributed by atoms with E-state index in [4.69, 9.17) is 0 Å². The highest BCUT2D eigenvalue weighted by Crippen LogP contribution is 2.25. The fourth-order valence-corrected chi connectivity index (χ4v) is 3.37. The molecule has 2 heterocycles. The minimum atomic E-state index is 0.279. The molecule has 1 amide bonds. The average Bonchev–Trinajstić information content (AvgIpc) is 3.08. The SMILES string of the molecule is O=C(NCC1CCN(c2ncccn2)CC1)C1CCCC1. The molecule has 0 bridgehead atoms. The molecule has 3 rings (SSSR count). The van der Waals surface area contributed by atoms with Gasteiger partial charge in [0.2, 0.25) is 11.9 Å². The van der Waals surface area contributed by atoms with Crippen LogP contribution in [0.1, 0.15) is 38.5 Å². The smallest absolute Gasteiger partial charge is 0.225 e. The highest BCUT2D eigenvalue weighted by molar-refractivity contribution is 5.78. The molecular formula is C16H24N4O. The van der Waals surface area contributed by atoms with E-state index in [1.165, 1.54) is 12.8 Å². The summed E-state index contributed by atoms with van der Waals surface area (Å²) in [6.07, 6.45) is 10.4. The molecule has 1 saturated carbocycles. The standard InChI is InChI=1S/C16H24N4O/c21-15(14-4-1-2-5-14)19-12-13-6-10-20(11-7-13)16-17-8-3-9-18-16/h3,8-9,13-14H,1-2,4-7,10-12H2,(H,19,21). The highest BCUT2D eigenvalue weighted by Gasteiger charge is 2.25. The number of hydrogen-bond donors (Lipinski definition) is 1. The van der Waals surface area contributed by atoms with Gasteiger partial charge in [-0.05, 0) is 37.7 Å². The summed E-state index contributed by atoms with van der Waals surface area (Å²) in [5.74, 6) is 1.98. The zero-order valence-corrected chi connectivity index (χ0v) is 12.5. The maximum absolute atomic E-state index is 12.0. The van der Waals surface area contributed by atoms with Crippen LogP contribution in [-0.4, -0.2) is 35.5 Å². The van der Waals surface area contributed by atoms with E-state index in [9.17, 15) is 4.79 Å². The highest BCUT2D eigenvalue weighted by atomic mass is 16.1. The van der Waals surface area contributed by atoms with Gasteiger partial charge in [-0.3, -0.25) is 4.79 Å². The molecule has 5 heteroatoms. The van der Waals surface area contributed by atoms with E-state index < -0.39 is 0 Å². The lowest BCUT2D eigenvalue weighted by atomic mass is 9.96. The number of carbonyl (C=O) groups excluding carboxylic acids is 1. The van der Waals surface area contributed by atoms with Gasteiger partial charge in [0.05, 0.1) is 0 Å². The second-order valence-corrected chi connectivity index (χ2v) is 6.21. The van der Waals surface area contributed by atoms with Gasteiger partial charge < -0.3 is 10.2 Å². The van der Waals surface area contributed by atoms with Crippen LogP contribution < -0.4 is 10.2 Å². The molecule has 1 saturated heterocycles. The number of piperidine rings is 1. The molecule has 5 nitrogen and oxygen atoms in total. The summed E-state index contributed by atoms with van der Waals surface area (Å²) in [7, 11) is 0. The van der Waals surface area contributed by atoms with Crippen molar-refractivity contribution in [1.82, 2.24) is 15.3 Å². The Morgan fingerprint density at radius 1 is 1.14 bits per heavy atom. The number of aromatic nitrogens is 2. The molecular weight excluding hydrogens is 264 g/mol. The molecule has 1 aliphatic heterocycles. The maximum atomic E-state index is 12.0. The molecule has 0 radical (unpaired) electrons. The van der Waals surface area contributed by atoms with Crippen molar-refractivity contribution in [3.05, 3.63) is 18.5 Å². The first-order valence-electron chi connectivity index (χ1n) is 8.12. The third kappa shape index (κ3) is 3.71. The van der Waals surface area contributed by atoms with E-state index in [0.29, 0.717) is 5.92 Å². The van der Waals surface area contributed by atoms with Crippen LogP contribution in [0, 0.1) is 11.8 Å². The number of hydrogen-bond acceptors (Lipinski definition) is 4. The van der Waals surface area contributed by atoms with E-state index in [1.54, 1.807) is 12.4 Å². The van der Waals surface area contributed by atoms with Crippen LogP contribution in [0.5, 0.6) is 0 Å². The molecule has 21 heavy (non-hydrogen) atoms. The van der Waals surface area contributed by atoms with Gasteiger partial charge in [-0.2, -0.15) is 0 Å². The zero-order valence-electron chi connectivity index (χ0n) is 12.5. The number of rotatable bonds is 4. The van der Waals surface area contributed by atoms with Gasteiger partial charge in [0.15, 0.2) is 0 Å². The van der Waals surface area contributed by atoms with Crippen LogP contribution in [0.3, 0.4) is 0 Å². The predicted octanol–water partition coefficient (Wildman–Crippen LogP) is 2.00. The number of carbonyl (C=O) groups is 1. The molecule has 1 N–H and O–H groups in total. The summed E-state index contributed by atoms with van der Waals surface area (Å²) < 4.78 is 0. The molecule has 0 atom stereocenters. The molecule has 1 aromatic heterocycles. The summed E-state index contributed by atoms with van der Waals surface area (Å²) in [6, 6.07) is 1.84. The zero-order chi connectivity index (χ0) is 14.5. The maximum Gasteiger partial charge on any atom is 0.225 e. The van der Waals surface area contributed by atoms with Crippen molar-refractivity contribution >= 4 is 11.9 Å². The van der Waals surface area contributed by atoms with E-state index in [0.717, 1.165) is 51.3 Å². The number of nitrogens with one attached hydrogen (secondary N) is 1. The lowest BCUT2D eigenvalue weighted by molar-refractivity contribution is -0.125. The molecule has 2 aliphatic rings. The average molecular weight is 288 g/mol. The van der Waals surface area contributed by atoms with Crippen LogP contribution in [0.4, 0.5) is 5.95 Å². The van der Waals surface area contributed by atoms with E-state index in [-0.39, 0.29) is 11.8 Å². The van der Waals surface area contributed by atoms with Gasteiger partial charge in [0, 0.05) is 37.9 Å². The second-order valence-electron chi connectivity index (χ2n) is 6.21. The quantitative estimate of drug-likeness (QED) is 0.920. The van der Waals surface area contributed by atoms with Crippen molar-refractivity contribution in [2.75, 3.05) is 24.5 Å². The Hall–Kier alpha value is -1.65. The summed E-state index contributed by atoms with van der Waals surface area (Å²) in [6.45, 7) is 2.79. The first-order valence-corrected chi connectivity index (χ1v) is 8.12. The van der Waals surface area contributed by atoms with Crippen LogP contribution >= 0.6 is 0 Å². The Labute approximate surface area is 126 Å². The Morgan fingerprint density at radius 3 is 2.48 bits per heavy atom. The molecule has 1 aliphatic carbocycles. The Bertz CT molecular complexity index is 451. The fraction of sp³-hybridized carbons (Fsp3) is 0.688. The molecule has 0 aromatic carbocycles. The molecule has 2 fully saturated rings. The molecule has 114 valence electrons. The molecule has 1 aromatic rings. The molecule has 0 unspecified atom stereocenters. The van der Waals surface area contributed by atoms with Crippen LogP contribution in [0.15, 0.2) is 18.5 Å². The van der Waals surface area contributed by atoms with Gasteiger partial charge in [-0.25, -0.2) is 9.97 Å². The fourth-order valence-electron chi connectivity index (χ4n) is 3.37. The minimum Gasteiger partial charge on any atom is -0.356 e. The largest absolute Gasteiger partial charge is 0.356 e. The van der Waals surface area contributed by atoms with E-state index >= 15 is 0 Å². The Morgan fingerprint density at radius 2 is 1.81 bits per heavy atom. The number of amides is 1. The number of nitrogens with zero attached hydrogens (tertiary/aromatic N) is 3. The Balaban J connectivity index is 1.40. The van der Waals surface area contributed by atoms with E-state index in [1.807, 2.05) is 6.07 Å². The van der Waals surface area contributed by atoms with Crippen LogP contribution in [0.2, 0.25) is 0 Å². The summed E-state index contributed by atoms with van der Waals surface area (Å²) in [5.41, 5.74) is 0. The number of anilines is 1. The van der Waals surface area contributed by atoms with E-state index in [2.05, 4.69) is 20.2 Å². The van der Waals surface area contributed by atoms with Gasteiger partial charge >= 0.3 is 0 Å². The lowest BCUT2D eigenvalue weighted by Crippen LogP contribution is -2.40. The normalized spacial score (nSPS) is 20.7. The summed E-state index contributed by atoms with van der Waals surface area (Å²) in [4.78, 5) is 22.9. The second kappa shape index (κ2) is 6.87. The molecule has 0 spiro atoms. The topological polar surface area (TPSA) is 58.1 Å². The third-order valence-electron chi connectivity index (χ3n) is 4.74. The van der Waals surface area contributed by atoms with Crippen molar-refractivity contribution in [3.8, 4) is 0 Å². The van der Waals surface area contributed by atoms with Gasteiger partial charge in [0.25, 0.3) is 0 Å². The van der Waals surface area contributed by atoms with Crippen molar-refractivity contribution in [2.45, 2.75) is 38.5 Å². The van der Waals surface area contributed by atoms with Crippen molar-refractivity contribution in [1.29, 1.82) is 0 Å².